The van der Waals surface area contributed by atoms with Gasteiger partial charge in [0.2, 0.25) is 0 Å². The van der Waals surface area contributed by atoms with Crippen LogP contribution >= 0.6 is 0 Å². The van der Waals surface area contributed by atoms with E-state index in [1.807, 2.05) is 0 Å². The van der Waals surface area contributed by atoms with Crippen LogP contribution in [0.5, 0.6) is 0 Å². The number of hydrogen-bond acceptors (Lipinski definition) is 12. The molecule has 2 unspecified atom stereocenters. The number of amides is 6. The van der Waals surface area contributed by atoms with Crippen molar-refractivity contribution in [2.75, 3.05) is 107 Å². The van der Waals surface area contributed by atoms with Crippen molar-refractivity contribution in [1.82, 2.24) is 29.4 Å². The standard InChI is InChI=1S/C65H68F6N10O8/c1-5-88-60(84)54-42(3)80(50-15-9-13-47(39-50)64(66,67)68)62(86)78(56(54)45-21-19-44(41-72)20-22-45)29-11-27-74-31-35-76(36-32-74)58(82)52-17-7-8-18-53(52)59(83)77-37-33-75(34-38-77)28-12-30-79-57(46-23-25-49(73)26-24-46)55(61(85)89-6-2)43(4)81(63(79)87)51-16-10-14-48(40-51)65(69,70)71/h7-10,13-26,39-40,56-57H,5-6,11-12,27-38,73H2,1-4H3. The number of nitrogens with two attached hydrogens (primary N) is 1. The molecule has 4 aliphatic heterocycles. The lowest BCUT2D eigenvalue weighted by Gasteiger charge is -2.43. The van der Waals surface area contributed by atoms with Crippen molar-refractivity contribution in [3.8, 4) is 6.07 Å². The first-order valence-electron chi connectivity index (χ1n) is 29.3. The molecule has 6 amide bonds. The maximum atomic E-state index is 14.7. The number of nitriles is 1. The molecular weight excluding hydrogens is 1160 g/mol. The average Bonchev–Trinajstić information content (AvgIpc) is 0.881. The van der Waals surface area contributed by atoms with Crippen LogP contribution in [0.3, 0.4) is 0 Å². The first-order valence-corrected chi connectivity index (χ1v) is 29.3. The Morgan fingerprint density at radius 3 is 1.28 bits per heavy atom. The highest BCUT2D eigenvalue weighted by Crippen LogP contribution is 2.44. The molecule has 9 rings (SSSR count). The number of ether oxygens (including phenoxy) is 2. The van der Waals surface area contributed by atoms with E-state index >= 15 is 0 Å². The molecule has 0 aromatic heterocycles. The third-order valence-electron chi connectivity index (χ3n) is 16.4. The molecule has 4 heterocycles. The molecule has 24 heteroatoms. The highest BCUT2D eigenvalue weighted by molar-refractivity contribution is 6.08. The minimum atomic E-state index is -4.72. The van der Waals surface area contributed by atoms with Gasteiger partial charge >= 0.3 is 36.4 Å². The predicted molar refractivity (Wildman–Crippen MR) is 319 cm³/mol. The summed E-state index contributed by atoms with van der Waals surface area (Å²) >= 11 is 0. The fourth-order valence-electron chi connectivity index (χ4n) is 11.9. The molecule has 2 saturated heterocycles. The van der Waals surface area contributed by atoms with Crippen molar-refractivity contribution in [3.63, 3.8) is 0 Å². The Kier molecular flexibility index (Phi) is 19.8. The molecule has 89 heavy (non-hydrogen) atoms. The van der Waals surface area contributed by atoms with Gasteiger partial charge in [-0.15, -0.1) is 0 Å². The van der Waals surface area contributed by atoms with Gasteiger partial charge in [-0.2, -0.15) is 31.6 Å². The van der Waals surface area contributed by atoms with Crippen LogP contribution in [0, 0.1) is 11.3 Å². The number of urea groups is 2. The van der Waals surface area contributed by atoms with Crippen LogP contribution in [0.1, 0.15) is 101 Å². The van der Waals surface area contributed by atoms with Crippen molar-refractivity contribution in [3.05, 3.63) is 183 Å². The van der Waals surface area contributed by atoms with Gasteiger partial charge in [-0.3, -0.25) is 29.2 Å². The van der Waals surface area contributed by atoms with Crippen LogP contribution in [0.2, 0.25) is 0 Å². The van der Waals surface area contributed by atoms with Gasteiger partial charge in [-0.25, -0.2) is 19.2 Å². The minimum absolute atomic E-state index is 0.00137. The fourth-order valence-corrected chi connectivity index (χ4v) is 11.9. The zero-order valence-electron chi connectivity index (χ0n) is 49.7. The molecule has 0 saturated carbocycles. The molecule has 18 nitrogen and oxygen atoms in total. The van der Waals surface area contributed by atoms with Gasteiger partial charge in [0.25, 0.3) is 11.8 Å². The van der Waals surface area contributed by atoms with Gasteiger partial charge in [0.05, 0.1) is 81.7 Å². The number of anilines is 3. The topological polar surface area (TPSA) is 197 Å². The Labute approximate surface area is 511 Å². The van der Waals surface area contributed by atoms with Gasteiger partial charge in [-0.1, -0.05) is 48.5 Å². The van der Waals surface area contributed by atoms with Crippen LogP contribution in [-0.2, 0) is 31.4 Å². The summed E-state index contributed by atoms with van der Waals surface area (Å²) in [7, 11) is 0. The number of nitrogen functional groups attached to an aromatic ring is 1. The van der Waals surface area contributed by atoms with E-state index in [9.17, 15) is 60.4 Å². The van der Waals surface area contributed by atoms with E-state index in [0.29, 0.717) is 101 Å². The number of carbonyl (C=O) groups excluding carboxylic acids is 6. The largest absolute Gasteiger partial charge is 0.463 e. The first-order chi connectivity index (χ1) is 42.5. The number of rotatable bonds is 18. The summed E-state index contributed by atoms with van der Waals surface area (Å²) in [6.07, 6.45) is -8.69. The summed E-state index contributed by atoms with van der Waals surface area (Å²) in [5.74, 6) is -2.15. The molecule has 0 aliphatic carbocycles. The summed E-state index contributed by atoms with van der Waals surface area (Å²) in [5.41, 5.74) is 6.53. The van der Waals surface area contributed by atoms with Crippen molar-refractivity contribution < 1.29 is 64.6 Å². The second-order valence-corrected chi connectivity index (χ2v) is 21.9. The Balaban J connectivity index is 0.831. The highest BCUT2D eigenvalue weighted by atomic mass is 19.4. The normalized spacial score (nSPS) is 18.2. The second-order valence-electron chi connectivity index (χ2n) is 21.9. The molecule has 468 valence electrons. The lowest BCUT2D eigenvalue weighted by atomic mass is 9.92. The molecule has 4 aliphatic rings. The smallest absolute Gasteiger partial charge is 0.416 e. The summed E-state index contributed by atoms with van der Waals surface area (Å²) in [5, 5.41) is 9.55. The average molecular weight is 1230 g/mol. The third-order valence-corrected chi connectivity index (χ3v) is 16.4. The number of halogens is 6. The van der Waals surface area contributed by atoms with E-state index in [1.165, 1.54) is 47.9 Å². The first kappa shape index (κ1) is 64.3. The Morgan fingerprint density at radius 1 is 0.539 bits per heavy atom. The van der Waals surface area contributed by atoms with Crippen molar-refractivity contribution in [2.24, 2.45) is 0 Å². The van der Waals surface area contributed by atoms with Gasteiger partial charge < -0.3 is 34.8 Å². The van der Waals surface area contributed by atoms with E-state index in [2.05, 4.69) is 15.9 Å². The predicted octanol–water partition coefficient (Wildman–Crippen LogP) is 10.5. The maximum absolute atomic E-state index is 14.7. The zero-order chi connectivity index (χ0) is 63.9. The van der Waals surface area contributed by atoms with E-state index in [0.717, 1.165) is 34.1 Å². The van der Waals surface area contributed by atoms with Crippen LogP contribution in [0.15, 0.2) is 144 Å². The van der Waals surface area contributed by atoms with Crippen LogP contribution in [0.25, 0.3) is 0 Å². The van der Waals surface area contributed by atoms with Crippen LogP contribution in [-0.4, -0.2) is 157 Å². The number of allylic oxidation sites excluding steroid dienone is 2. The van der Waals surface area contributed by atoms with Gasteiger partial charge in [-0.05, 0) is 138 Å². The summed E-state index contributed by atoms with van der Waals surface area (Å²) in [4.78, 5) is 98.5. The van der Waals surface area contributed by atoms with Gasteiger partial charge in [0, 0.05) is 82.5 Å². The second kappa shape index (κ2) is 27.5. The molecule has 2 atom stereocenters. The Morgan fingerprint density at radius 2 is 0.921 bits per heavy atom. The number of piperazine rings is 2. The minimum Gasteiger partial charge on any atom is -0.463 e. The third kappa shape index (κ3) is 14.1. The van der Waals surface area contributed by atoms with Crippen LogP contribution < -0.4 is 15.5 Å². The van der Waals surface area contributed by atoms with Crippen molar-refractivity contribution in [1.29, 1.82) is 5.26 Å². The lowest BCUT2D eigenvalue weighted by Crippen LogP contribution is -2.52. The monoisotopic (exact) mass is 1230 g/mol. The van der Waals surface area contributed by atoms with Gasteiger partial charge in [0.1, 0.15) is 0 Å². The number of nitrogens with zero attached hydrogens (tertiary/aromatic N) is 9. The van der Waals surface area contributed by atoms with Gasteiger partial charge in [0.15, 0.2) is 0 Å². The zero-order valence-corrected chi connectivity index (χ0v) is 49.7. The molecule has 5 aromatic rings. The number of carbonyl (C=O) groups is 6. The number of benzene rings is 5. The molecular formula is C65H68F6N10O8. The molecule has 0 radical (unpaired) electrons. The molecule has 0 spiro atoms. The van der Waals surface area contributed by atoms with E-state index < -0.39 is 59.6 Å². The molecule has 5 aromatic carbocycles. The Bertz CT molecular complexity index is 3570. The van der Waals surface area contributed by atoms with Crippen LogP contribution in [0.4, 0.5) is 53.0 Å². The van der Waals surface area contributed by atoms with E-state index in [-0.39, 0.29) is 83.2 Å². The summed E-state index contributed by atoms with van der Waals surface area (Å²) < 4.78 is 95.0. The SMILES string of the molecule is CCOC(=O)C1=C(C)N(c2cccc(C(F)(F)F)c2)C(=O)N(CCCN2CCN(C(=O)c3ccccc3C(=O)N3CCN(CCCN4C(=O)N(c5cccc(C(F)(F)F)c5)C(C)=C(C(=O)OCC)C4c4ccc(C#N)cc4)CC3)CC2)C1c1ccc(N)cc1. The van der Waals surface area contributed by atoms with E-state index in [1.54, 1.807) is 96.4 Å². The summed E-state index contributed by atoms with van der Waals surface area (Å²) in [6, 6.07) is 27.1. The fraction of sp³-hybridized carbons (Fsp3) is 0.369. The molecule has 2 fully saturated rings. The van der Waals surface area contributed by atoms with Crippen molar-refractivity contribution >= 4 is 52.9 Å². The number of esters is 2. The highest BCUT2D eigenvalue weighted by Gasteiger charge is 2.46. The molecule has 2 N–H and O–H groups in total. The molecule has 0 bridgehead atoms. The lowest BCUT2D eigenvalue weighted by molar-refractivity contribution is -0.140. The maximum Gasteiger partial charge on any atom is 0.416 e. The van der Waals surface area contributed by atoms with E-state index in [4.69, 9.17) is 15.2 Å². The quantitative estimate of drug-likeness (QED) is 0.0496. The number of hydrogen-bond donors (Lipinski definition) is 1. The van der Waals surface area contributed by atoms with Crippen molar-refractivity contribution in [2.45, 2.75) is 65.0 Å². The summed E-state index contributed by atoms with van der Waals surface area (Å²) in [6.45, 7) is 10.2. The number of alkyl halides is 6. The Hall–Kier alpha value is -9.21.